The number of methoxy groups -OCH3 is 4. The van der Waals surface area contributed by atoms with Gasteiger partial charge >= 0.3 is 23.9 Å². The van der Waals surface area contributed by atoms with E-state index in [9.17, 15) is 19.2 Å². The van der Waals surface area contributed by atoms with Crippen LogP contribution >= 0.6 is 0 Å². The van der Waals surface area contributed by atoms with Gasteiger partial charge in [0.2, 0.25) is 0 Å². The normalized spacial score (nSPS) is 11.4. The van der Waals surface area contributed by atoms with Crippen LogP contribution < -0.4 is 47.4 Å². The van der Waals surface area contributed by atoms with E-state index < -0.39 is 23.9 Å². The summed E-state index contributed by atoms with van der Waals surface area (Å²) in [6.07, 6.45) is 8.59. The maximum atomic E-state index is 13.3. The molecule has 0 aliphatic rings. The van der Waals surface area contributed by atoms with Gasteiger partial charge in [-0.15, -0.1) is 0 Å². The molecule has 0 saturated carbocycles. The summed E-state index contributed by atoms with van der Waals surface area (Å²) in [6.45, 7) is 9.64. The molecule has 2 atom stereocenters. The van der Waals surface area contributed by atoms with Crippen molar-refractivity contribution in [3.05, 3.63) is 155 Å². The van der Waals surface area contributed by atoms with Crippen LogP contribution in [-0.4, -0.2) is 65.5 Å². The van der Waals surface area contributed by atoms with Crippen LogP contribution in [0.3, 0.4) is 0 Å². The number of benzene rings is 6. The first-order valence-electron chi connectivity index (χ1n) is 25.5. The van der Waals surface area contributed by atoms with E-state index >= 15 is 0 Å². The van der Waals surface area contributed by atoms with Gasteiger partial charge in [0.05, 0.1) is 52.8 Å². The molecule has 0 bridgehead atoms. The van der Waals surface area contributed by atoms with E-state index in [1.54, 1.807) is 60.7 Å². The molecule has 14 heteroatoms. The highest BCUT2D eigenvalue weighted by Crippen LogP contribution is 2.38. The monoisotopic (exact) mass is 1030 g/mol. The summed E-state index contributed by atoms with van der Waals surface area (Å²) in [5.41, 5.74) is 2.11. The van der Waals surface area contributed by atoms with E-state index in [0.29, 0.717) is 70.7 Å². The molecule has 0 aromatic heterocycles. The zero-order valence-corrected chi connectivity index (χ0v) is 44.5. The van der Waals surface area contributed by atoms with Crippen LogP contribution in [0, 0.1) is 23.7 Å². The molecule has 0 aliphatic carbocycles. The number of carbonyl (C=O) groups excluding carboxylic acids is 4. The van der Waals surface area contributed by atoms with Crippen molar-refractivity contribution < 1.29 is 66.5 Å². The van der Waals surface area contributed by atoms with Gasteiger partial charge in [-0.1, -0.05) is 78.1 Å². The molecule has 398 valence electrons. The molecule has 0 saturated heterocycles. The lowest BCUT2D eigenvalue weighted by Crippen LogP contribution is -2.14. The quantitative estimate of drug-likeness (QED) is 0.0287. The van der Waals surface area contributed by atoms with Crippen LogP contribution in [0.2, 0.25) is 0 Å². The topological polar surface area (TPSA) is 161 Å². The third-order valence-corrected chi connectivity index (χ3v) is 12.5. The third kappa shape index (κ3) is 16.0. The van der Waals surface area contributed by atoms with Gasteiger partial charge in [0, 0.05) is 35.4 Å². The van der Waals surface area contributed by atoms with Gasteiger partial charge in [-0.25, -0.2) is 19.2 Å². The zero-order valence-electron chi connectivity index (χ0n) is 44.5. The van der Waals surface area contributed by atoms with Crippen LogP contribution in [0.1, 0.15) is 132 Å². The van der Waals surface area contributed by atoms with E-state index in [0.717, 1.165) is 51.4 Å². The summed E-state index contributed by atoms with van der Waals surface area (Å²) in [7, 11) is 5.93. The minimum absolute atomic E-state index is 0.147. The van der Waals surface area contributed by atoms with Crippen LogP contribution in [0.5, 0.6) is 57.5 Å². The van der Waals surface area contributed by atoms with Gasteiger partial charge in [0.1, 0.15) is 45.6 Å². The molecule has 6 aromatic carbocycles. The fourth-order valence-electron chi connectivity index (χ4n) is 7.83. The average Bonchev–Trinajstić information content (AvgIpc) is 3.45. The Hall–Kier alpha value is -8.44. The number of esters is 4. The van der Waals surface area contributed by atoms with E-state index in [1.165, 1.54) is 89.1 Å². The molecule has 0 radical (unpaired) electrons. The molecule has 6 rings (SSSR count). The third-order valence-electron chi connectivity index (χ3n) is 12.5. The maximum absolute atomic E-state index is 13.3. The van der Waals surface area contributed by atoms with Gasteiger partial charge in [-0.3, -0.25) is 0 Å². The lowest BCUT2D eigenvalue weighted by Gasteiger charge is -2.18. The fourth-order valence-corrected chi connectivity index (χ4v) is 7.83. The molecule has 0 N–H and O–H groups in total. The molecule has 6 aromatic rings. The van der Waals surface area contributed by atoms with Gasteiger partial charge in [-0.05, 0) is 122 Å². The molecule has 0 amide bonds. The Morgan fingerprint density at radius 3 is 1.01 bits per heavy atom. The first kappa shape index (κ1) is 56.8. The first-order valence-corrected chi connectivity index (χ1v) is 25.5. The summed E-state index contributed by atoms with van der Waals surface area (Å²) in [4.78, 5) is 52.6. The molecule has 0 heterocycles. The molecule has 2 unspecified atom stereocenters. The van der Waals surface area contributed by atoms with Crippen molar-refractivity contribution in [2.45, 2.75) is 79.1 Å². The van der Waals surface area contributed by atoms with Gasteiger partial charge in [0.25, 0.3) is 0 Å². The molecule has 14 nitrogen and oxygen atoms in total. The Kier molecular flexibility index (Phi) is 21.6. The Bertz CT molecular complexity index is 2740. The lowest BCUT2D eigenvalue weighted by molar-refractivity contribution is 0.0717. The smallest absolute Gasteiger partial charge is 0.347 e. The summed E-state index contributed by atoms with van der Waals surface area (Å²) >= 11 is 0. The molecular formula is C62H66O14. The Morgan fingerprint density at radius 1 is 0.395 bits per heavy atom. The van der Waals surface area contributed by atoms with E-state index in [-0.39, 0.29) is 45.3 Å². The predicted molar refractivity (Wildman–Crippen MR) is 288 cm³/mol. The van der Waals surface area contributed by atoms with Crippen LogP contribution in [-0.2, 0) is 0 Å². The zero-order chi connectivity index (χ0) is 54.4. The van der Waals surface area contributed by atoms with Gasteiger partial charge in [0.15, 0.2) is 23.0 Å². The molecule has 0 fully saturated rings. The second-order valence-electron chi connectivity index (χ2n) is 17.8. The average molecular weight is 1040 g/mol. The van der Waals surface area contributed by atoms with Crippen molar-refractivity contribution in [1.82, 2.24) is 0 Å². The summed E-state index contributed by atoms with van der Waals surface area (Å²) in [5.74, 6) is 7.62. The fraction of sp³-hybridized carbons (Fsp3) is 0.323. The van der Waals surface area contributed by atoms with Gasteiger partial charge in [-0.2, -0.15) is 0 Å². The molecule has 0 spiro atoms. The number of rotatable bonds is 26. The SMILES string of the molecule is CCCCC(CC)COc1cc(OC)c(C(=O)Oc2ccc(C(=O)Oc3ccc(C#Cc4ccc(OC(=O)c5ccc(OC(=O)c6cc(OC)c(OCC(CC)CCCC)cc6OC)cc5)cc4)cc3)cc2)cc1OC. The maximum Gasteiger partial charge on any atom is 0.347 e. The summed E-state index contributed by atoms with van der Waals surface area (Å²) in [5, 5.41) is 0. The second-order valence-corrected chi connectivity index (χ2v) is 17.8. The highest BCUT2D eigenvalue weighted by atomic mass is 16.6. The number of carbonyl (C=O) groups is 4. The molecule has 0 aliphatic heterocycles. The summed E-state index contributed by atoms with van der Waals surface area (Å²) < 4.78 is 56.8. The van der Waals surface area contributed by atoms with Crippen LogP contribution in [0.15, 0.2) is 121 Å². The Balaban J connectivity index is 0.972. The minimum Gasteiger partial charge on any atom is -0.496 e. The Morgan fingerprint density at radius 2 is 0.711 bits per heavy atom. The first-order chi connectivity index (χ1) is 36.9. The number of hydrogen-bond acceptors (Lipinski definition) is 14. The van der Waals surface area contributed by atoms with Crippen molar-refractivity contribution in [3.63, 3.8) is 0 Å². The highest BCUT2D eigenvalue weighted by molar-refractivity contribution is 5.96. The highest BCUT2D eigenvalue weighted by Gasteiger charge is 2.23. The van der Waals surface area contributed by atoms with Crippen molar-refractivity contribution in [2.75, 3.05) is 41.7 Å². The predicted octanol–water partition coefficient (Wildman–Crippen LogP) is 13.2. The number of ether oxygens (including phenoxy) is 10. The minimum atomic E-state index is -0.678. The van der Waals surface area contributed by atoms with E-state index in [2.05, 4.69) is 39.5 Å². The van der Waals surface area contributed by atoms with Crippen molar-refractivity contribution >= 4 is 23.9 Å². The number of unbranched alkanes of at least 4 members (excludes halogenated alkanes) is 2. The van der Waals surface area contributed by atoms with Crippen molar-refractivity contribution in [2.24, 2.45) is 11.8 Å². The van der Waals surface area contributed by atoms with E-state index in [1.807, 2.05) is 0 Å². The number of hydrogen-bond donors (Lipinski definition) is 0. The van der Waals surface area contributed by atoms with Crippen LogP contribution in [0.4, 0.5) is 0 Å². The van der Waals surface area contributed by atoms with E-state index in [4.69, 9.17) is 47.4 Å². The standard InChI is InChI=1S/C62H66O14/c1-9-13-15-41(11-3)39-71-57-37-53(67-5)51(35-55(57)69-7)61(65)75-49-31-23-45(24-32-49)59(63)73-47-27-19-43(20-28-47)17-18-44-21-29-48(30-22-44)74-60(64)46-25-33-50(34-26-46)76-62(66)52-36-56(70-8)58(38-54(52)68-6)72-40-42(12-4)16-14-10-2/h19-38,41-42H,9-16,39-40H2,1-8H3. The summed E-state index contributed by atoms with van der Waals surface area (Å²) in [6, 6.07) is 31.7. The van der Waals surface area contributed by atoms with Crippen molar-refractivity contribution in [3.8, 4) is 69.3 Å². The second kappa shape index (κ2) is 28.9. The Labute approximate surface area is 445 Å². The molecule has 76 heavy (non-hydrogen) atoms. The lowest BCUT2D eigenvalue weighted by atomic mass is 10.0. The molecular weight excluding hydrogens is 969 g/mol. The van der Waals surface area contributed by atoms with Crippen LogP contribution in [0.25, 0.3) is 0 Å². The largest absolute Gasteiger partial charge is 0.496 e. The van der Waals surface area contributed by atoms with Gasteiger partial charge < -0.3 is 47.4 Å². The van der Waals surface area contributed by atoms with Crippen molar-refractivity contribution in [1.29, 1.82) is 0 Å².